The van der Waals surface area contributed by atoms with Gasteiger partial charge in [-0.25, -0.2) is 0 Å². The number of likely N-dealkylation sites (N-methyl/N-ethyl adjacent to an activating group) is 2. The molecule has 41 heavy (non-hydrogen) atoms. The molecule has 0 aliphatic carbocycles. The second-order valence-corrected chi connectivity index (χ2v) is 8.90. The molecule has 0 fully saturated rings. The molecule has 0 unspecified atom stereocenters. The first kappa shape index (κ1) is 48.7. The molecule has 0 atom stereocenters. The Balaban J connectivity index is -0.000000167. The number of benzene rings is 2. The number of aliphatic hydroxyl groups excluding tert-OH is 1. The fourth-order valence-electron chi connectivity index (χ4n) is 4.23. The molecule has 4 rings (SSSR count). The van der Waals surface area contributed by atoms with Gasteiger partial charge in [0.2, 0.25) is 0 Å². The van der Waals surface area contributed by atoms with Crippen molar-refractivity contribution in [3.8, 4) is 0 Å². The predicted octanol–water partition coefficient (Wildman–Crippen LogP) is -1.13. The van der Waals surface area contributed by atoms with E-state index in [2.05, 4.69) is 89.4 Å². The zero-order valence-corrected chi connectivity index (χ0v) is 31.4. The van der Waals surface area contributed by atoms with E-state index >= 15 is 0 Å². The minimum Gasteiger partial charge on any atom is -1.00 e. The summed E-state index contributed by atoms with van der Waals surface area (Å²) in [4.78, 5) is 16.0. The minimum absolute atomic E-state index is 0. The first-order chi connectivity index (χ1) is 18.0. The largest absolute Gasteiger partial charge is 1.00 e. The molecule has 10 heteroatoms. The Morgan fingerprint density at radius 1 is 0.854 bits per heavy atom. The van der Waals surface area contributed by atoms with Crippen LogP contribution in [0, 0.1) is 0 Å². The van der Waals surface area contributed by atoms with E-state index in [9.17, 15) is 0 Å². The van der Waals surface area contributed by atoms with Crippen LogP contribution in [0.1, 0.15) is 40.2 Å². The van der Waals surface area contributed by atoms with Crippen molar-refractivity contribution in [2.75, 3.05) is 67.0 Å². The molecular weight excluding hydrogens is 594 g/mol. The summed E-state index contributed by atoms with van der Waals surface area (Å²) in [6.07, 6.45) is 2.22. The molecule has 2 aromatic carbocycles. The van der Waals surface area contributed by atoms with Crippen LogP contribution >= 0.6 is 11.6 Å². The van der Waals surface area contributed by atoms with Crippen molar-refractivity contribution in [3.05, 3.63) is 82.9 Å². The van der Waals surface area contributed by atoms with Crippen molar-refractivity contribution in [3.63, 3.8) is 0 Å². The summed E-state index contributed by atoms with van der Waals surface area (Å²) in [5.41, 5.74) is 8.36. The summed E-state index contributed by atoms with van der Waals surface area (Å²) in [6, 6.07) is 21.2. The van der Waals surface area contributed by atoms with Gasteiger partial charge >= 0.3 is 103 Å². The maximum atomic E-state index is 8.64. The number of nitrogens with zero attached hydrogens (tertiary/aromatic N) is 2. The zero-order chi connectivity index (χ0) is 27.5. The molecule has 2 aromatic rings. The summed E-state index contributed by atoms with van der Waals surface area (Å²) in [5.74, 6) is 0.665. The Morgan fingerprint density at radius 2 is 1.22 bits per heavy atom. The van der Waals surface area contributed by atoms with E-state index in [1.54, 1.807) is 7.11 Å². The van der Waals surface area contributed by atoms with Crippen LogP contribution in [0.5, 0.6) is 0 Å². The summed E-state index contributed by atoms with van der Waals surface area (Å²) in [6.45, 7) is 4.89. The standard InChI is InChI=1S/C14H19NO.C13H16ClN.CH2O3.CH4O.2CH4.2K.H/c1-15-9-8-13(11-16-2)14(10-15)12-6-4-3-5-7-12;1-15-8-7-12(9-14)13(10-15)11-5-3-2-4-6-11;2-1-4-3;1-2;;;;;/h3-7H,8-11H2,1-2H3;2-6H,7-10H2,1H3;1,3H;2H,1H3;2*1H4;;;/q;;;;;;2*+1;-1/p-1. The van der Waals surface area contributed by atoms with Crippen LogP contribution in [-0.4, -0.2) is 88.4 Å². The smallest absolute Gasteiger partial charge is 1.00 e. The molecule has 0 saturated heterocycles. The fourth-order valence-corrected chi connectivity index (χ4v) is 4.52. The Morgan fingerprint density at radius 3 is 1.56 bits per heavy atom. The number of aliphatic hydroxyl groups is 1. The Hall–Kier alpha value is 0.753. The van der Waals surface area contributed by atoms with Gasteiger partial charge in [0, 0.05) is 46.3 Å². The van der Waals surface area contributed by atoms with E-state index < -0.39 is 0 Å². The quantitative estimate of drug-likeness (QED) is 0.140. The molecule has 0 spiro atoms. The summed E-state index contributed by atoms with van der Waals surface area (Å²) in [5, 5.41) is 15.4. The van der Waals surface area contributed by atoms with Crippen LogP contribution in [0.15, 0.2) is 71.8 Å². The van der Waals surface area contributed by atoms with Crippen molar-refractivity contribution < 1.29 is 129 Å². The average molecular weight is 643 g/mol. The van der Waals surface area contributed by atoms with Crippen LogP contribution in [0.4, 0.5) is 0 Å². The number of rotatable bonds is 6. The molecular formula is C31H49ClK2N2O5. The molecule has 0 amide bonds. The first-order valence-corrected chi connectivity index (χ1v) is 12.7. The van der Waals surface area contributed by atoms with Crippen LogP contribution in [0.25, 0.3) is 11.1 Å². The van der Waals surface area contributed by atoms with Gasteiger partial charge in [-0.3, -0.25) is 4.79 Å². The third-order valence-corrected chi connectivity index (χ3v) is 6.39. The average Bonchev–Trinajstić information content (AvgIpc) is 2.96. The minimum atomic E-state index is -0.181. The van der Waals surface area contributed by atoms with E-state index in [0.717, 1.165) is 52.7 Å². The van der Waals surface area contributed by atoms with E-state index in [1.165, 1.54) is 33.4 Å². The molecule has 0 aromatic heterocycles. The molecule has 0 bridgehead atoms. The molecule has 222 valence electrons. The van der Waals surface area contributed by atoms with Crippen LogP contribution in [0.2, 0.25) is 0 Å². The number of halogens is 1. The molecule has 2 aliphatic rings. The second-order valence-electron chi connectivity index (χ2n) is 8.63. The number of methoxy groups -OCH3 is 1. The van der Waals surface area contributed by atoms with E-state index in [0.29, 0.717) is 5.88 Å². The zero-order valence-electron chi connectivity index (χ0n) is 25.4. The van der Waals surface area contributed by atoms with Gasteiger partial charge in [0.05, 0.1) is 6.61 Å². The van der Waals surface area contributed by atoms with Crippen LogP contribution < -0.4 is 108 Å². The molecule has 2 heterocycles. The molecule has 1 N–H and O–H groups in total. The Labute approximate surface area is 340 Å². The second kappa shape index (κ2) is 30.8. The summed E-state index contributed by atoms with van der Waals surface area (Å²) < 4.78 is 5.29. The Kier molecular flexibility index (Phi) is 36.5. The van der Waals surface area contributed by atoms with Crippen molar-refractivity contribution in [1.82, 2.24) is 9.80 Å². The van der Waals surface area contributed by atoms with Crippen molar-refractivity contribution >= 4 is 29.2 Å². The predicted molar refractivity (Wildman–Crippen MR) is 163 cm³/mol. The maximum Gasteiger partial charge on any atom is 1.00 e. The van der Waals surface area contributed by atoms with Crippen LogP contribution in [0.3, 0.4) is 0 Å². The Bertz CT molecular complexity index is 970. The van der Waals surface area contributed by atoms with Crippen molar-refractivity contribution in [1.29, 1.82) is 0 Å². The van der Waals surface area contributed by atoms with Gasteiger partial charge in [-0.2, -0.15) is 0 Å². The summed E-state index contributed by atoms with van der Waals surface area (Å²) in [7, 11) is 7.11. The third kappa shape index (κ3) is 19.0. The van der Waals surface area contributed by atoms with Crippen LogP contribution in [-0.2, 0) is 14.4 Å². The van der Waals surface area contributed by atoms with Gasteiger partial charge in [0.25, 0.3) is 6.47 Å². The molecule has 0 radical (unpaired) electrons. The van der Waals surface area contributed by atoms with Gasteiger partial charge in [-0.05, 0) is 60.4 Å². The van der Waals surface area contributed by atoms with Gasteiger partial charge in [0.1, 0.15) is 0 Å². The summed E-state index contributed by atoms with van der Waals surface area (Å²) >= 11 is 6.00. The van der Waals surface area contributed by atoms with E-state index in [-0.39, 0.29) is 126 Å². The maximum absolute atomic E-state index is 8.64. The fraction of sp³-hybridized carbons (Fsp3) is 0.452. The van der Waals surface area contributed by atoms with Crippen molar-refractivity contribution in [2.24, 2.45) is 0 Å². The number of alkyl halides is 1. The van der Waals surface area contributed by atoms with E-state index in [1.807, 2.05) is 0 Å². The third-order valence-electron chi connectivity index (χ3n) is 6.06. The van der Waals surface area contributed by atoms with Gasteiger partial charge in [-0.15, -0.1) is 11.6 Å². The SMILES string of the molecule is C.C.CN1CCC(CCl)=C(c2ccccc2)C1.CO.COCC1=C(c2ccccc2)CN(C)CC1.O=CO[O-].[H-].[K+].[K+]. The molecule has 0 saturated carbocycles. The topological polar surface area (TPSA) is 85.3 Å². The number of hydrogen-bond acceptors (Lipinski definition) is 7. The van der Waals surface area contributed by atoms with Crippen molar-refractivity contribution in [2.45, 2.75) is 27.7 Å². The number of carbonyl (C=O) groups is 1. The number of hydrogen-bond donors (Lipinski definition) is 1. The van der Waals surface area contributed by atoms with Gasteiger partial charge in [0.15, 0.2) is 0 Å². The number of ether oxygens (including phenoxy) is 1. The van der Waals surface area contributed by atoms with Gasteiger partial charge < -0.3 is 31.2 Å². The van der Waals surface area contributed by atoms with Gasteiger partial charge in [-0.1, -0.05) is 75.5 Å². The first-order valence-electron chi connectivity index (χ1n) is 12.2. The normalized spacial score (nSPS) is 14.3. The monoisotopic (exact) mass is 642 g/mol. The number of carbonyl (C=O) groups excluding carboxylic acids is 1. The van der Waals surface area contributed by atoms with E-state index in [4.69, 9.17) is 31.5 Å². The molecule has 2 aliphatic heterocycles. The molecule has 7 nitrogen and oxygen atoms in total.